The molecule has 0 spiro atoms. The number of aromatic amines is 1. The van der Waals surface area contributed by atoms with Gasteiger partial charge in [0.1, 0.15) is 11.4 Å². The van der Waals surface area contributed by atoms with Gasteiger partial charge in [-0.05, 0) is 127 Å². The third-order valence-electron chi connectivity index (χ3n) is 9.10. The molecule has 270 valence electrons. The maximum absolute atomic E-state index is 12.6. The number of carbonyl (C=O) groups excluding carboxylic acids is 2. The number of benzene rings is 4. The summed E-state index contributed by atoms with van der Waals surface area (Å²) in [6, 6.07) is 27.1. The summed E-state index contributed by atoms with van der Waals surface area (Å²) < 4.78 is 3.43. The Kier molecular flexibility index (Phi) is 10.4. The van der Waals surface area contributed by atoms with Crippen LogP contribution in [0.1, 0.15) is 33.6 Å². The number of aromatic nitrogens is 7. The number of hydrogen-bond donors (Lipinski definition) is 3. The summed E-state index contributed by atoms with van der Waals surface area (Å²) in [5.74, 6) is -0.179. The van der Waals surface area contributed by atoms with Crippen molar-refractivity contribution in [2.24, 2.45) is 0 Å². The summed E-state index contributed by atoms with van der Waals surface area (Å²) in [4.78, 5) is 32.8. The number of fused-ring (bicyclic) bond motifs is 3. The molecule has 0 aliphatic heterocycles. The van der Waals surface area contributed by atoms with Gasteiger partial charge in [-0.3, -0.25) is 9.59 Å². The van der Waals surface area contributed by atoms with E-state index in [0.717, 1.165) is 81.6 Å². The van der Waals surface area contributed by atoms with E-state index in [-0.39, 0.29) is 11.8 Å². The van der Waals surface area contributed by atoms with Gasteiger partial charge in [-0.1, -0.05) is 22.6 Å². The van der Waals surface area contributed by atoms with Crippen molar-refractivity contribution in [3.8, 4) is 33.9 Å². The minimum Gasteiger partial charge on any atom is -0.355 e. The lowest BCUT2D eigenvalue weighted by Gasteiger charge is -2.10. The molecule has 4 aromatic carbocycles. The summed E-state index contributed by atoms with van der Waals surface area (Å²) in [5.41, 5.74) is 8.17. The number of hydrogen-bond acceptors (Lipinski definition) is 8. The van der Waals surface area contributed by atoms with Crippen LogP contribution in [0.3, 0.4) is 0 Å². The highest BCUT2D eigenvalue weighted by molar-refractivity contribution is 6.09. The molecule has 53 heavy (non-hydrogen) atoms. The maximum atomic E-state index is 12.6. The molecule has 0 saturated heterocycles. The number of carbonyl (C=O) groups is 2. The molecule has 3 aromatic heterocycles. The summed E-state index contributed by atoms with van der Waals surface area (Å²) in [6.45, 7) is 3.10. The van der Waals surface area contributed by atoms with Gasteiger partial charge in [0, 0.05) is 57.1 Å². The molecule has 2 amide bonds. The molecule has 0 aliphatic carbocycles. The topological polar surface area (TPSA) is 142 Å². The highest BCUT2D eigenvalue weighted by atomic mass is 16.2. The van der Waals surface area contributed by atoms with Gasteiger partial charge < -0.3 is 25.4 Å². The number of nitrogens with zero attached hydrogens (tertiary/aromatic N) is 8. The van der Waals surface area contributed by atoms with Gasteiger partial charge in [0.2, 0.25) is 0 Å². The van der Waals surface area contributed by atoms with E-state index in [1.807, 2.05) is 77.0 Å². The van der Waals surface area contributed by atoms with E-state index >= 15 is 0 Å². The number of H-pyrrole nitrogens is 1. The minimum atomic E-state index is -0.0896. The van der Waals surface area contributed by atoms with Crippen LogP contribution in [0.15, 0.2) is 97.3 Å². The highest BCUT2D eigenvalue weighted by Gasteiger charge is 2.14. The number of nitrogens with one attached hydrogen (secondary N) is 3. The lowest BCUT2D eigenvalue weighted by molar-refractivity contribution is 0.0944. The van der Waals surface area contributed by atoms with Gasteiger partial charge in [0.25, 0.3) is 11.8 Å². The first-order valence-electron chi connectivity index (χ1n) is 17.7. The first-order chi connectivity index (χ1) is 25.7. The molecule has 0 bridgehead atoms. The van der Waals surface area contributed by atoms with E-state index in [4.69, 9.17) is 0 Å². The zero-order valence-corrected chi connectivity index (χ0v) is 30.4. The van der Waals surface area contributed by atoms with E-state index in [1.54, 1.807) is 33.6 Å². The van der Waals surface area contributed by atoms with Gasteiger partial charge >= 0.3 is 0 Å². The second kappa shape index (κ2) is 15.6. The molecule has 7 aromatic rings. The molecule has 0 unspecified atom stereocenters. The van der Waals surface area contributed by atoms with Crippen LogP contribution < -0.4 is 10.6 Å². The number of rotatable bonds is 14. The molecule has 0 radical (unpaired) electrons. The van der Waals surface area contributed by atoms with Crippen LogP contribution in [0.4, 0.5) is 0 Å². The zero-order chi connectivity index (χ0) is 36.9. The molecule has 0 saturated carbocycles. The number of amides is 2. The maximum Gasteiger partial charge on any atom is 0.251 e. The molecule has 0 fully saturated rings. The second-order valence-electron chi connectivity index (χ2n) is 13.7. The van der Waals surface area contributed by atoms with Crippen LogP contribution >= 0.6 is 0 Å². The van der Waals surface area contributed by atoms with Crippen molar-refractivity contribution in [1.82, 2.24) is 55.4 Å². The molecule has 13 heteroatoms. The summed E-state index contributed by atoms with van der Waals surface area (Å²) >= 11 is 0. The Balaban J connectivity index is 1.05. The SMILES string of the molecule is CN(C)CCCNC(=O)c1ccc(-n2cc(-c3ccc4[nH]c5ccc(-c6cn(-c7ccc(C(=O)NCCCN(C)C)cc7)nn6)cc5c4c3)nn2)cc1. The molecule has 0 aliphatic rings. The Labute approximate surface area is 307 Å². The molecule has 3 heterocycles. The monoisotopic (exact) mass is 709 g/mol. The predicted octanol–water partition coefficient (Wildman–Crippen LogP) is 5.18. The Morgan fingerprint density at radius 3 is 1.42 bits per heavy atom. The van der Waals surface area contributed by atoms with Crippen molar-refractivity contribution in [3.05, 3.63) is 108 Å². The highest BCUT2D eigenvalue weighted by Crippen LogP contribution is 2.32. The average Bonchev–Trinajstić information content (AvgIpc) is 3.94. The molecule has 7 rings (SSSR count). The van der Waals surface area contributed by atoms with Crippen LogP contribution in [0.2, 0.25) is 0 Å². The van der Waals surface area contributed by atoms with Crippen molar-refractivity contribution >= 4 is 33.6 Å². The Hall–Kier alpha value is -6.18. The molecule has 3 N–H and O–H groups in total. The summed E-state index contributed by atoms with van der Waals surface area (Å²) in [7, 11) is 8.07. The largest absolute Gasteiger partial charge is 0.355 e. The van der Waals surface area contributed by atoms with E-state index in [1.165, 1.54) is 0 Å². The van der Waals surface area contributed by atoms with Gasteiger partial charge in [0.05, 0.1) is 23.8 Å². The zero-order valence-electron chi connectivity index (χ0n) is 30.4. The van der Waals surface area contributed by atoms with E-state index in [9.17, 15) is 9.59 Å². The molecular formula is C40H43N11O2. The normalized spacial score (nSPS) is 11.6. The first-order valence-corrected chi connectivity index (χ1v) is 17.7. The van der Waals surface area contributed by atoms with Gasteiger partial charge in [-0.25, -0.2) is 9.36 Å². The Morgan fingerprint density at radius 1 is 0.604 bits per heavy atom. The smallest absolute Gasteiger partial charge is 0.251 e. The van der Waals surface area contributed by atoms with E-state index in [2.05, 4.69) is 70.3 Å². The van der Waals surface area contributed by atoms with Gasteiger partial charge in [0.15, 0.2) is 0 Å². The first kappa shape index (κ1) is 35.2. The van der Waals surface area contributed by atoms with Crippen LogP contribution in [-0.4, -0.2) is 111 Å². The van der Waals surface area contributed by atoms with Crippen molar-refractivity contribution in [2.45, 2.75) is 12.8 Å². The molecular weight excluding hydrogens is 667 g/mol. The van der Waals surface area contributed by atoms with Gasteiger partial charge in [-0.2, -0.15) is 0 Å². The van der Waals surface area contributed by atoms with Crippen LogP contribution in [-0.2, 0) is 0 Å². The quantitative estimate of drug-likeness (QED) is 0.131. The third kappa shape index (κ3) is 8.16. The van der Waals surface area contributed by atoms with Crippen molar-refractivity contribution in [1.29, 1.82) is 0 Å². The van der Waals surface area contributed by atoms with E-state index < -0.39 is 0 Å². The van der Waals surface area contributed by atoms with Crippen molar-refractivity contribution in [3.63, 3.8) is 0 Å². The predicted molar refractivity (Wildman–Crippen MR) is 208 cm³/mol. The van der Waals surface area contributed by atoms with Crippen LogP contribution in [0.5, 0.6) is 0 Å². The molecule has 13 nitrogen and oxygen atoms in total. The van der Waals surface area contributed by atoms with Gasteiger partial charge in [-0.15, -0.1) is 10.2 Å². The second-order valence-corrected chi connectivity index (χ2v) is 13.7. The average molecular weight is 710 g/mol. The Morgan fingerprint density at radius 2 is 1.02 bits per heavy atom. The molecule has 0 atom stereocenters. The fourth-order valence-electron chi connectivity index (χ4n) is 6.19. The summed E-state index contributed by atoms with van der Waals surface area (Å²) in [6.07, 6.45) is 5.57. The van der Waals surface area contributed by atoms with Crippen molar-refractivity contribution < 1.29 is 9.59 Å². The fraction of sp³-hybridized carbons (Fsp3) is 0.250. The standard InChI is InChI=1S/C40H43N11O2/c1-48(2)21-5-19-41-39(52)27-7-13-31(14-8-27)50-25-37(44-46-50)29-11-17-35-33(23-29)34-24-30(12-18-36(34)43-35)38-26-51(47-45-38)32-15-9-28(10-16-32)40(53)42-20-6-22-49(3)4/h7-18,23-26,43H,5-6,19-22H2,1-4H3,(H,41,52)(H,42,53). The van der Waals surface area contributed by atoms with Crippen LogP contribution in [0.25, 0.3) is 55.7 Å². The lowest BCUT2D eigenvalue weighted by atomic mass is 10.0. The summed E-state index contributed by atoms with van der Waals surface area (Å²) in [5, 5.41) is 25.7. The minimum absolute atomic E-state index is 0.0896. The third-order valence-corrected chi connectivity index (χ3v) is 9.10. The van der Waals surface area contributed by atoms with Crippen LogP contribution in [0, 0.1) is 0 Å². The van der Waals surface area contributed by atoms with E-state index in [0.29, 0.717) is 24.2 Å². The Bertz CT molecular complexity index is 2190. The lowest BCUT2D eigenvalue weighted by Crippen LogP contribution is -2.27. The fourth-order valence-corrected chi connectivity index (χ4v) is 6.19. The van der Waals surface area contributed by atoms with Crippen molar-refractivity contribution in [2.75, 3.05) is 54.4 Å².